The fourth-order valence-corrected chi connectivity index (χ4v) is 5.43. The van der Waals surface area contributed by atoms with E-state index in [1.54, 1.807) is 11.8 Å². The van der Waals surface area contributed by atoms with Crippen LogP contribution in [0.25, 0.3) is 5.69 Å². The summed E-state index contributed by atoms with van der Waals surface area (Å²) in [4.78, 5) is 26.5. The minimum Gasteiger partial charge on any atom is -0.466 e. The van der Waals surface area contributed by atoms with Crippen LogP contribution in [0.4, 0.5) is 0 Å². The highest BCUT2D eigenvalue weighted by Gasteiger charge is 2.28. The van der Waals surface area contributed by atoms with Gasteiger partial charge in [-0.1, -0.05) is 59.8 Å². The molecule has 190 valence electrons. The van der Waals surface area contributed by atoms with E-state index < -0.39 is 0 Å². The van der Waals surface area contributed by atoms with E-state index in [0.717, 1.165) is 34.4 Å². The number of nitrogens with zero attached hydrogens (tertiary/aromatic N) is 4. The lowest BCUT2D eigenvalue weighted by Crippen LogP contribution is -2.40. The third-order valence-corrected chi connectivity index (χ3v) is 7.46. The number of esters is 1. The Morgan fingerprint density at radius 2 is 1.86 bits per heavy atom. The number of thioether (sulfide) groups is 1. The Hall–Kier alpha value is -2.84. The predicted molar refractivity (Wildman–Crippen MR) is 142 cm³/mol. The van der Waals surface area contributed by atoms with Gasteiger partial charge in [-0.15, -0.1) is 10.2 Å². The highest BCUT2D eigenvalue weighted by Crippen LogP contribution is 2.26. The Kier molecular flexibility index (Phi) is 9.41. The van der Waals surface area contributed by atoms with Crippen LogP contribution in [0.2, 0.25) is 5.02 Å². The molecule has 2 heterocycles. The lowest BCUT2D eigenvalue weighted by molar-refractivity contribution is -0.151. The van der Waals surface area contributed by atoms with Crippen LogP contribution in [0, 0.1) is 5.92 Å². The van der Waals surface area contributed by atoms with Crippen molar-refractivity contribution in [1.82, 2.24) is 19.7 Å². The Labute approximate surface area is 221 Å². The molecule has 0 spiro atoms. The number of likely N-dealkylation sites (tertiary alicyclic amines) is 1. The summed E-state index contributed by atoms with van der Waals surface area (Å²) >= 11 is 7.87. The fourth-order valence-electron chi connectivity index (χ4n) is 4.33. The first-order chi connectivity index (χ1) is 17.5. The molecule has 0 saturated carbocycles. The summed E-state index contributed by atoms with van der Waals surface area (Å²) in [6, 6.07) is 17.8. The Balaban J connectivity index is 1.34. The van der Waals surface area contributed by atoms with Crippen molar-refractivity contribution in [3.05, 3.63) is 71.0 Å². The first kappa shape index (κ1) is 26.2. The Morgan fingerprint density at radius 1 is 1.08 bits per heavy atom. The van der Waals surface area contributed by atoms with Crippen molar-refractivity contribution >= 4 is 35.2 Å². The summed E-state index contributed by atoms with van der Waals surface area (Å²) < 4.78 is 7.16. The van der Waals surface area contributed by atoms with Crippen molar-refractivity contribution < 1.29 is 14.3 Å². The van der Waals surface area contributed by atoms with Crippen molar-refractivity contribution in [2.75, 3.05) is 25.4 Å². The molecule has 0 unspecified atom stereocenters. The minimum atomic E-state index is -0.142. The number of carbonyl (C=O) groups excluding carboxylic acids is 2. The molecular formula is C27H31ClN4O3S. The smallest absolute Gasteiger partial charge is 0.309 e. The molecule has 9 heteroatoms. The van der Waals surface area contributed by atoms with Crippen LogP contribution < -0.4 is 0 Å². The number of hydrogen-bond acceptors (Lipinski definition) is 6. The Morgan fingerprint density at radius 3 is 2.58 bits per heavy atom. The number of piperidine rings is 1. The molecular weight excluding hydrogens is 496 g/mol. The lowest BCUT2D eigenvalue weighted by Gasteiger charge is -2.31. The quantitative estimate of drug-likeness (QED) is 0.206. The van der Waals surface area contributed by atoms with Gasteiger partial charge in [0.1, 0.15) is 5.82 Å². The van der Waals surface area contributed by atoms with Gasteiger partial charge in [0.15, 0.2) is 5.16 Å². The fraction of sp³-hybridized carbons (Fsp3) is 0.407. The van der Waals surface area contributed by atoms with Gasteiger partial charge in [0.2, 0.25) is 5.91 Å². The number of benzene rings is 2. The monoisotopic (exact) mass is 526 g/mol. The van der Waals surface area contributed by atoms with Gasteiger partial charge in [-0.3, -0.25) is 14.2 Å². The topological polar surface area (TPSA) is 77.3 Å². The van der Waals surface area contributed by atoms with Crippen molar-refractivity contribution in [2.45, 2.75) is 44.2 Å². The van der Waals surface area contributed by atoms with Gasteiger partial charge >= 0.3 is 5.97 Å². The second kappa shape index (κ2) is 12.9. The molecule has 1 aliphatic heterocycles. The van der Waals surface area contributed by atoms with E-state index in [4.69, 9.17) is 16.3 Å². The SMILES string of the molecule is CCOC(=O)C1CCN(C(=O)CCCSc2nnc(Cc3ccccc3)n2-c2cccc(Cl)c2)CC1. The number of hydrogen-bond donors (Lipinski definition) is 0. The van der Waals surface area contributed by atoms with Crippen LogP contribution in [-0.4, -0.2) is 57.0 Å². The van der Waals surface area contributed by atoms with Crippen molar-refractivity contribution in [3.8, 4) is 5.69 Å². The highest BCUT2D eigenvalue weighted by atomic mass is 35.5. The zero-order valence-corrected chi connectivity index (χ0v) is 22.0. The summed E-state index contributed by atoms with van der Waals surface area (Å²) in [7, 11) is 0. The maximum absolute atomic E-state index is 12.7. The number of ether oxygens (including phenoxy) is 1. The number of amides is 1. The van der Waals surface area contributed by atoms with Gasteiger partial charge < -0.3 is 9.64 Å². The van der Waals surface area contributed by atoms with Crippen LogP contribution >= 0.6 is 23.4 Å². The van der Waals surface area contributed by atoms with Crippen molar-refractivity contribution in [1.29, 1.82) is 0 Å². The van der Waals surface area contributed by atoms with Crippen LogP contribution in [0.5, 0.6) is 0 Å². The second-order valence-electron chi connectivity index (χ2n) is 8.74. The van der Waals surface area contributed by atoms with E-state index in [1.165, 1.54) is 0 Å². The van der Waals surface area contributed by atoms with Crippen LogP contribution in [-0.2, 0) is 20.7 Å². The third-order valence-electron chi connectivity index (χ3n) is 6.21. The molecule has 0 radical (unpaired) electrons. The molecule has 1 saturated heterocycles. The molecule has 1 fully saturated rings. The predicted octanol–water partition coefficient (Wildman–Crippen LogP) is 5.19. The molecule has 3 aromatic rings. The average molecular weight is 527 g/mol. The maximum atomic E-state index is 12.7. The van der Waals surface area contributed by atoms with E-state index >= 15 is 0 Å². The van der Waals surface area contributed by atoms with Gasteiger partial charge in [-0.2, -0.15) is 0 Å². The third kappa shape index (κ3) is 6.89. The summed E-state index contributed by atoms with van der Waals surface area (Å²) in [5.74, 6) is 1.49. The van der Waals surface area contributed by atoms with Crippen LogP contribution in [0.15, 0.2) is 59.8 Å². The zero-order valence-electron chi connectivity index (χ0n) is 20.4. The molecule has 7 nitrogen and oxygen atoms in total. The molecule has 1 aromatic heterocycles. The summed E-state index contributed by atoms with van der Waals surface area (Å²) in [6.07, 6.45) is 3.20. The summed E-state index contributed by atoms with van der Waals surface area (Å²) in [5.41, 5.74) is 2.07. The largest absolute Gasteiger partial charge is 0.466 e. The molecule has 0 atom stereocenters. The average Bonchev–Trinajstić information content (AvgIpc) is 3.29. The second-order valence-corrected chi connectivity index (χ2v) is 10.2. The molecule has 0 aliphatic carbocycles. The molecule has 1 aliphatic rings. The van der Waals surface area contributed by atoms with E-state index in [9.17, 15) is 9.59 Å². The van der Waals surface area contributed by atoms with Gasteiger partial charge in [0, 0.05) is 36.7 Å². The zero-order chi connectivity index (χ0) is 25.3. The highest BCUT2D eigenvalue weighted by molar-refractivity contribution is 7.99. The molecule has 2 aromatic carbocycles. The molecule has 4 rings (SSSR count). The first-order valence-corrected chi connectivity index (χ1v) is 13.7. The maximum Gasteiger partial charge on any atom is 0.309 e. The number of carbonyl (C=O) groups is 2. The van der Waals surface area contributed by atoms with Crippen molar-refractivity contribution in [2.24, 2.45) is 5.92 Å². The summed E-state index contributed by atoms with van der Waals surface area (Å²) in [5, 5.41) is 10.4. The number of halogens is 1. The number of aromatic nitrogens is 3. The first-order valence-electron chi connectivity index (χ1n) is 12.4. The summed E-state index contributed by atoms with van der Waals surface area (Å²) in [6.45, 7) is 3.44. The number of rotatable bonds is 10. The van der Waals surface area contributed by atoms with Crippen LogP contribution in [0.1, 0.15) is 44.0 Å². The molecule has 0 bridgehead atoms. The van der Waals surface area contributed by atoms with Crippen molar-refractivity contribution in [3.63, 3.8) is 0 Å². The van der Waals surface area contributed by atoms with Gasteiger partial charge in [-0.25, -0.2) is 0 Å². The molecule has 1 amide bonds. The van der Waals surface area contributed by atoms with E-state index in [2.05, 4.69) is 22.3 Å². The molecule has 0 N–H and O–H groups in total. The van der Waals surface area contributed by atoms with E-state index in [-0.39, 0.29) is 17.8 Å². The minimum absolute atomic E-state index is 0.0903. The van der Waals surface area contributed by atoms with E-state index in [1.807, 2.05) is 58.9 Å². The van der Waals surface area contributed by atoms with E-state index in [0.29, 0.717) is 50.4 Å². The van der Waals surface area contributed by atoms with Gasteiger partial charge in [0.05, 0.1) is 18.2 Å². The van der Waals surface area contributed by atoms with Gasteiger partial charge in [-0.05, 0) is 49.9 Å². The Bertz CT molecular complexity index is 1160. The standard InChI is InChI=1S/C27H31ClN4O3S/c1-2-35-26(34)21-13-15-31(16-14-21)25(33)12-7-17-36-27-30-29-24(18-20-8-4-3-5-9-20)32(27)23-11-6-10-22(28)19-23/h3-6,8-11,19,21H,2,7,12-18H2,1H3. The normalized spacial score (nSPS) is 14.1. The lowest BCUT2D eigenvalue weighted by atomic mass is 9.97. The van der Waals surface area contributed by atoms with Crippen LogP contribution in [0.3, 0.4) is 0 Å². The molecule has 36 heavy (non-hydrogen) atoms. The van der Waals surface area contributed by atoms with Gasteiger partial charge in [0.25, 0.3) is 0 Å².